The summed E-state index contributed by atoms with van der Waals surface area (Å²) in [5.74, 6) is 0.429. The highest BCUT2D eigenvalue weighted by molar-refractivity contribution is 5.79. The molecule has 3 rings (SSSR count). The largest absolute Gasteiger partial charge is 0.351 e. The summed E-state index contributed by atoms with van der Waals surface area (Å²) in [6.07, 6.45) is 5.45. The lowest BCUT2D eigenvalue weighted by Gasteiger charge is -2.34. The van der Waals surface area contributed by atoms with E-state index in [1.54, 1.807) is 18.5 Å². The molecule has 1 aromatic carbocycles. The average molecular weight is 339 g/mol. The van der Waals surface area contributed by atoms with Gasteiger partial charge in [-0.15, -0.1) is 0 Å². The van der Waals surface area contributed by atoms with Gasteiger partial charge in [-0.05, 0) is 24.5 Å². The summed E-state index contributed by atoms with van der Waals surface area (Å²) in [7, 11) is 0. The van der Waals surface area contributed by atoms with Gasteiger partial charge in [-0.2, -0.15) is 0 Å². The molecule has 2 heterocycles. The van der Waals surface area contributed by atoms with Gasteiger partial charge in [0.25, 0.3) is 0 Å². The summed E-state index contributed by atoms with van der Waals surface area (Å²) in [6, 6.07) is 11.3. The third-order valence-electron chi connectivity index (χ3n) is 4.74. The number of rotatable bonds is 5. The van der Waals surface area contributed by atoms with Crippen molar-refractivity contribution in [3.63, 3.8) is 0 Å². The fourth-order valence-corrected chi connectivity index (χ4v) is 3.19. The van der Waals surface area contributed by atoms with Crippen LogP contribution in [-0.4, -0.2) is 35.0 Å². The van der Waals surface area contributed by atoms with Crippen molar-refractivity contribution in [2.75, 3.05) is 18.0 Å². The molecule has 3 atom stereocenters. The minimum absolute atomic E-state index is 0.00261. The molecule has 132 valence electrons. The average Bonchev–Trinajstić information content (AvgIpc) is 2.68. The second-order valence-corrected chi connectivity index (χ2v) is 6.57. The third kappa shape index (κ3) is 4.33. The van der Waals surface area contributed by atoms with Crippen molar-refractivity contribution >= 4 is 11.9 Å². The zero-order valence-electron chi connectivity index (χ0n) is 14.5. The Kier molecular flexibility index (Phi) is 5.60. The van der Waals surface area contributed by atoms with Crippen molar-refractivity contribution in [1.29, 1.82) is 0 Å². The van der Waals surface area contributed by atoms with E-state index in [2.05, 4.69) is 20.2 Å². The maximum Gasteiger partial charge on any atom is 0.225 e. The molecule has 25 heavy (non-hydrogen) atoms. The van der Waals surface area contributed by atoms with Gasteiger partial charge in [-0.25, -0.2) is 9.97 Å². The Labute approximate surface area is 148 Å². The third-order valence-corrected chi connectivity index (χ3v) is 4.74. The first-order chi connectivity index (χ1) is 12.1. The number of anilines is 1. The van der Waals surface area contributed by atoms with Crippen LogP contribution in [0.2, 0.25) is 0 Å². The predicted octanol–water partition coefficient (Wildman–Crippen LogP) is 1.90. The number of carbonyl (C=O) groups is 1. The van der Waals surface area contributed by atoms with Crippen LogP contribution in [0.25, 0.3) is 0 Å². The molecule has 0 spiro atoms. The van der Waals surface area contributed by atoms with Crippen LogP contribution >= 0.6 is 0 Å². The van der Waals surface area contributed by atoms with Crippen molar-refractivity contribution in [1.82, 2.24) is 15.3 Å². The fraction of sp³-hybridized carbons (Fsp3) is 0.421. The maximum absolute atomic E-state index is 12.6. The van der Waals surface area contributed by atoms with Gasteiger partial charge in [-0.1, -0.05) is 37.3 Å². The topological polar surface area (TPSA) is 84.1 Å². The lowest BCUT2D eigenvalue weighted by Crippen LogP contribution is -2.50. The fourth-order valence-electron chi connectivity index (χ4n) is 3.19. The highest BCUT2D eigenvalue weighted by atomic mass is 16.2. The van der Waals surface area contributed by atoms with Crippen molar-refractivity contribution in [2.45, 2.75) is 31.8 Å². The molecule has 1 aromatic heterocycles. The van der Waals surface area contributed by atoms with E-state index in [0.717, 1.165) is 37.4 Å². The molecule has 1 fully saturated rings. The van der Waals surface area contributed by atoms with E-state index < -0.39 is 0 Å². The van der Waals surface area contributed by atoms with E-state index in [-0.39, 0.29) is 23.9 Å². The standard InChI is InChI=1S/C19H25N5O/c1-14(17(20)15-7-3-2-4-8-15)18(25)23-16-9-5-12-24(13-16)19-21-10-6-11-22-19/h2-4,6-8,10-11,14,16-17H,5,9,12-13,20H2,1H3,(H,23,25). The summed E-state index contributed by atoms with van der Waals surface area (Å²) in [5, 5.41) is 3.15. The van der Waals surface area contributed by atoms with E-state index in [0.29, 0.717) is 0 Å². The molecule has 1 amide bonds. The first-order valence-electron chi connectivity index (χ1n) is 8.78. The first-order valence-corrected chi connectivity index (χ1v) is 8.78. The number of nitrogens with two attached hydrogens (primary N) is 1. The normalized spacial score (nSPS) is 19.9. The molecular formula is C19H25N5O. The van der Waals surface area contributed by atoms with E-state index in [9.17, 15) is 4.79 Å². The van der Waals surface area contributed by atoms with E-state index in [1.165, 1.54) is 0 Å². The molecule has 3 unspecified atom stereocenters. The van der Waals surface area contributed by atoms with Crippen LogP contribution in [0.1, 0.15) is 31.4 Å². The SMILES string of the molecule is CC(C(=O)NC1CCCN(c2ncccn2)C1)C(N)c1ccccc1. The Morgan fingerprint density at radius 2 is 1.96 bits per heavy atom. The van der Waals surface area contributed by atoms with Gasteiger partial charge in [0.05, 0.1) is 5.92 Å². The number of hydrogen-bond acceptors (Lipinski definition) is 5. The number of piperidine rings is 1. The van der Waals surface area contributed by atoms with E-state index in [4.69, 9.17) is 5.73 Å². The van der Waals surface area contributed by atoms with E-state index >= 15 is 0 Å². The van der Waals surface area contributed by atoms with Gasteiger partial charge in [-0.3, -0.25) is 4.79 Å². The summed E-state index contributed by atoms with van der Waals surface area (Å²) < 4.78 is 0. The zero-order chi connectivity index (χ0) is 17.6. The Balaban J connectivity index is 1.58. The van der Waals surface area contributed by atoms with Crippen LogP contribution in [-0.2, 0) is 4.79 Å². The predicted molar refractivity (Wildman–Crippen MR) is 97.9 cm³/mol. The van der Waals surface area contributed by atoms with Crippen LogP contribution in [0.5, 0.6) is 0 Å². The summed E-state index contributed by atoms with van der Waals surface area (Å²) in [6.45, 7) is 3.52. The lowest BCUT2D eigenvalue weighted by molar-refractivity contribution is -0.125. The minimum Gasteiger partial charge on any atom is -0.351 e. The second-order valence-electron chi connectivity index (χ2n) is 6.57. The molecule has 1 saturated heterocycles. The number of amides is 1. The minimum atomic E-state index is -0.307. The van der Waals surface area contributed by atoms with Gasteiger partial charge in [0.2, 0.25) is 11.9 Å². The Bertz CT molecular complexity index is 679. The monoisotopic (exact) mass is 339 g/mol. The Hall–Kier alpha value is -2.47. The molecule has 2 aromatic rings. The number of nitrogens with zero attached hydrogens (tertiary/aromatic N) is 3. The van der Waals surface area contributed by atoms with Crippen molar-refractivity contribution in [3.05, 3.63) is 54.4 Å². The van der Waals surface area contributed by atoms with Crippen LogP contribution in [0.15, 0.2) is 48.8 Å². The molecule has 0 aliphatic carbocycles. The quantitative estimate of drug-likeness (QED) is 0.869. The number of benzene rings is 1. The van der Waals surface area contributed by atoms with Crippen LogP contribution in [0.4, 0.5) is 5.95 Å². The zero-order valence-corrected chi connectivity index (χ0v) is 14.5. The molecule has 1 aliphatic rings. The molecule has 0 bridgehead atoms. The number of nitrogens with one attached hydrogen (secondary N) is 1. The van der Waals surface area contributed by atoms with Gasteiger partial charge >= 0.3 is 0 Å². The van der Waals surface area contributed by atoms with Crippen molar-refractivity contribution in [3.8, 4) is 0 Å². The molecule has 0 radical (unpaired) electrons. The first kappa shape index (κ1) is 17.4. The lowest BCUT2D eigenvalue weighted by atomic mass is 9.94. The van der Waals surface area contributed by atoms with Gasteiger partial charge in [0.1, 0.15) is 0 Å². The van der Waals surface area contributed by atoms with Crippen LogP contribution in [0.3, 0.4) is 0 Å². The van der Waals surface area contributed by atoms with Crippen molar-refractivity contribution in [2.24, 2.45) is 11.7 Å². The molecular weight excluding hydrogens is 314 g/mol. The molecule has 6 heteroatoms. The highest BCUT2D eigenvalue weighted by Crippen LogP contribution is 2.20. The van der Waals surface area contributed by atoms with Crippen LogP contribution < -0.4 is 16.0 Å². The Morgan fingerprint density at radius 3 is 2.68 bits per heavy atom. The summed E-state index contributed by atoms with van der Waals surface area (Å²) >= 11 is 0. The second kappa shape index (κ2) is 8.07. The Morgan fingerprint density at radius 1 is 1.24 bits per heavy atom. The molecule has 3 N–H and O–H groups in total. The van der Waals surface area contributed by atoms with Gasteiger partial charge in [0, 0.05) is 37.6 Å². The maximum atomic E-state index is 12.6. The molecule has 0 saturated carbocycles. The number of aromatic nitrogens is 2. The smallest absolute Gasteiger partial charge is 0.225 e. The molecule has 6 nitrogen and oxygen atoms in total. The highest BCUT2D eigenvalue weighted by Gasteiger charge is 2.27. The van der Waals surface area contributed by atoms with Gasteiger partial charge in [0.15, 0.2) is 0 Å². The summed E-state index contributed by atoms with van der Waals surface area (Å²) in [4.78, 5) is 23.4. The van der Waals surface area contributed by atoms with E-state index in [1.807, 2.05) is 37.3 Å². The van der Waals surface area contributed by atoms with Crippen molar-refractivity contribution < 1.29 is 4.79 Å². The van der Waals surface area contributed by atoms with Crippen LogP contribution in [0, 0.1) is 5.92 Å². The summed E-state index contributed by atoms with van der Waals surface area (Å²) in [5.41, 5.74) is 7.25. The molecule has 1 aliphatic heterocycles. The number of carbonyl (C=O) groups excluding carboxylic acids is 1. The number of hydrogen-bond donors (Lipinski definition) is 2. The van der Waals surface area contributed by atoms with Gasteiger partial charge < -0.3 is 16.0 Å².